The number of sulfonamides is 1. The maximum absolute atomic E-state index is 12.0. The lowest BCUT2D eigenvalue weighted by Gasteiger charge is -2.35. The predicted molar refractivity (Wildman–Crippen MR) is 71.4 cm³/mol. The maximum Gasteiger partial charge on any atom is 0.215 e. The first-order chi connectivity index (χ1) is 8.15. The molecule has 0 aliphatic carbocycles. The molecule has 18 heavy (non-hydrogen) atoms. The van der Waals surface area contributed by atoms with Gasteiger partial charge in [0.1, 0.15) is 9.84 Å². The summed E-state index contributed by atoms with van der Waals surface area (Å²) in [6.45, 7) is 2.78. The molecule has 2 atom stereocenters. The third kappa shape index (κ3) is 4.49. The van der Waals surface area contributed by atoms with Crippen molar-refractivity contribution in [1.82, 2.24) is 4.31 Å². The van der Waals surface area contributed by atoms with E-state index in [4.69, 9.17) is 5.73 Å². The Balaban J connectivity index is 2.68. The minimum Gasteiger partial charge on any atom is -0.327 e. The number of hydrogen-bond donors (Lipinski definition) is 1. The molecule has 1 heterocycles. The summed E-state index contributed by atoms with van der Waals surface area (Å²) in [7, 11) is -6.74. The summed E-state index contributed by atoms with van der Waals surface area (Å²) in [5.41, 5.74) is 5.92. The Morgan fingerprint density at radius 3 is 2.33 bits per heavy atom. The van der Waals surface area contributed by atoms with E-state index in [1.54, 1.807) is 0 Å². The third-order valence-corrected chi connectivity index (χ3v) is 6.43. The van der Waals surface area contributed by atoms with E-state index in [0.29, 0.717) is 19.5 Å². The van der Waals surface area contributed by atoms with Crippen LogP contribution in [0, 0.1) is 5.92 Å². The van der Waals surface area contributed by atoms with E-state index < -0.39 is 19.9 Å². The molecule has 8 heteroatoms. The SMILES string of the molecule is CCC1CN(S(=O)(=O)CCS(C)(=O)=O)CCC1N. The Hall–Kier alpha value is -0.180. The molecule has 1 aliphatic heterocycles. The van der Waals surface area contributed by atoms with E-state index in [2.05, 4.69) is 0 Å². The monoisotopic (exact) mass is 298 g/mol. The van der Waals surface area contributed by atoms with Gasteiger partial charge < -0.3 is 5.73 Å². The van der Waals surface area contributed by atoms with Crippen molar-refractivity contribution in [2.24, 2.45) is 11.7 Å². The molecule has 108 valence electrons. The molecule has 0 aromatic rings. The van der Waals surface area contributed by atoms with Gasteiger partial charge in [-0.25, -0.2) is 21.1 Å². The number of nitrogens with zero attached hydrogens (tertiary/aromatic N) is 1. The smallest absolute Gasteiger partial charge is 0.215 e. The average molecular weight is 298 g/mol. The van der Waals surface area contributed by atoms with Gasteiger partial charge in [-0.05, 0) is 12.3 Å². The molecule has 1 saturated heterocycles. The Morgan fingerprint density at radius 1 is 1.22 bits per heavy atom. The highest BCUT2D eigenvalue weighted by atomic mass is 32.2. The molecule has 0 radical (unpaired) electrons. The van der Waals surface area contributed by atoms with Gasteiger partial charge in [0.2, 0.25) is 10.0 Å². The van der Waals surface area contributed by atoms with Gasteiger partial charge in [-0.15, -0.1) is 0 Å². The van der Waals surface area contributed by atoms with Crippen LogP contribution in [0.3, 0.4) is 0 Å². The van der Waals surface area contributed by atoms with Gasteiger partial charge >= 0.3 is 0 Å². The van der Waals surface area contributed by atoms with E-state index in [1.807, 2.05) is 6.92 Å². The Bertz CT molecular complexity index is 472. The number of piperidine rings is 1. The molecular weight excluding hydrogens is 276 g/mol. The Kier molecular flexibility index (Phi) is 5.16. The van der Waals surface area contributed by atoms with Gasteiger partial charge in [-0.3, -0.25) is 0 Å². The van der Waals surface area contributed by atoms with E-state index >= 15 is 0 Å². The van der Waals surface area contributed by atoms with Crippen LogP contribution in [0.25, 0.3) is 0 Å². The molecule has 6 nitrogen and oxygen atoms in total. The third-order valence-electron chi connectivity index (χ3n) is 3.39. The highest BCUT2D eigenvalue weighted by molar-refractivity contribution is 7.93. The molecule has 0 amide bonds. The molecule has 1 fully saturated rings. The van der Waals surface area contributed by atoms with Crippen molar-refractivity contribution in [3.63, 3.8) is 0 Å². The summed E-state index contributed by atoms with van der Waals surface area (Å²) < 4.78 is 47.5. The van der Waals surface area contributed by atoms with Crippen LogP contribution in [0.5, 0.6) is 0 Å². The van der Waals surface area contributed by atoms with E-state index in [9.17, 15) is 16.8 Å². The van der Waals surface area contributed by atoms with Gasteiger partial charge in [0.25, 0.3) is 0 Å². The standard InChI is InChI=1S/C10H22N2O4S2/c1-3-9-8-12(5-4-10(9)11)18(15,16)7-6-17(2,13)14/h9-10H,3-8,11H2,1-2H3. The van der Waals surface area contributed by atoms with Crippen LogP contribution in [0.15, 0.2) is 0 Å². The molecule has 0 aromatic carbocycles. The second kappa shape index (κ2) is 5.85. The van der Waals surface area contributed by atoms with Crippen molar-refractivity contribution >= 4 is 19.9 Å². The van der Waals surface area contributed by atoms with E-state index in [1.165, 1.54) is 4.31 Å². The largest absolute Gasteiger partial charge is 0.327 e. The van der Waals surface area contributed by atoms with Crippen LogP contribution in [-0.2, 0) is 19.9 Å². The fourth-order valence-corrected chi connectivity index (χ4v) is 5.20. The minimum absolute atomic E-state index is 0.0383. The van der Waals surface area contributed by atoms with Gasteiger partial charge in [0.15, 0.2) is 0 Å². The van der Waals surface area contributed by atoms with Gasteiger partial charge in [-0.2, -0.15) is 0 Å². The fourth-order valence-electron chi connectivity index (χ4n) is 2.09. The van der Waals surface area contributed by atoms with Crippen LogP contribution in [0.2, 0.25) is 0 Å². The van der Waals surface area contributed by atoms with E-state index in [0.717, 1.165) is 12.7 Å². The van der Waals surface area contributed by atoms with Crippen molar-refractivity contribution in [3.8, 4) is 0 Å². The molecular formula is C10H22N2O4S2. The molecule has 1 aliphatic rings. The van der Waals surface area contributed by atoms with Crippen LogP contribution in [-0.4, -0.2) is 58.0 Å². The zero-order valence-electron chi connectivity index (χ0n) is 10.9. The lowest BCUT2D eigenvalue weighted by molar-refractivity contribution is 0.231. The fraction of sp³-hybridized carbons (Fsp3) is 1.00. The minimum atomic E-state index is -3.48. The highest BCUT2D eigenvalue weighted by Gasteiger charge is 2.32. The van der Waals surface area contributed by atoms with Crippen molar-refractivity contribution in [3.05, 3.63) is 0 Å². The van der Waals surface area contributed by atoms with E-state index in [-0.39, 0.29) is 23.5 Å². The Morgan fingerprint density at radius 2 is 1.83 bits per heavy atom. The summed E-state index contributed by atoms with van der Waals surface area (Å²) in [6.07, 6.45) is 2.51. The molecule has 0 bridgehead atoms. The summed E-state index contributed by atoms with van der Waals surface area (Å²) >= 11 is 0. The van der Waals surface area contributed by atoms with Crippen LogP contribution in [0.4, 0.5) is 0 Å². The highest BCUT2D eigenvalue weighted by Crippen LogP contribution is 2.21. The molecule has 0 aromatic heterocycles. The second-order valence-electron chi connectivity index (χ2n) is 4.92. The van der Waals surface area contributed by atoms with Crippen molar-refractivity contribution in [2.45, 2.75) is 25.8 Å². The summed E-state index contributed by atoms with van der Waals surface area (Å²) in [4.78, 5) is 0. The quantitative estimate of drug-likeness (QED) is 0.732. The van der Waals surface area contributed by atoms with Gasteiger partial charge in [-0.1, -0.05) is 13.3 Å². The van der Waals surface area contributed by atoms with Crippen molar-refractivity contribution < 1.29 is 16.8 Å². The Labute approximate surface area is 110 Å². The summed E-state index contributed by atoms with van der Waals surface area (Å²) in [5.74, 6) is -0.501. The zero-order valence-corrected chi connectivity index (χ0v) is 12.5. The molecule has 2 unspecified atom stereocenters. The van der Waals surface area contributed by atoms with Crippen molar-refractivity contribution in [2.75, 3.05) is 30.9 Å². The summed E-state index contributed by atoms with van der Waals surface area (Å²) in [5, 5.41) is 0. The van der Waals surface area contributed by atoms with Crippen LogP contribution in [0.1, 0.15) is 19.8 Å². The van der Waals surface area contributed by atoms with Crippen LogP contribution < -0.4 is 5.73 Å². The lowest BCUT2D eigenvalue weighted by atomic mass is 9.92. The topological polar surface area (TPSA) is 97.5 Å². The van der Waals surface area contributed by atoms with Gasteiger partial charge in [0, 0.05) is 25.4 Å². The van der Waals surface area contributed by atoms with Crippen molar-refractivity contribution in [1.29, 1.82) is 0 Å². The lowest BCUT2D eigenvalue weighted by Crippen LogP contribution is -2.49. The summed E-state index contributed by atoms with van der Waals surface area (Å²) in [6, 6.07) is 0.0383. The first-order valence-electron chi connectivity index (χ1n) is 6.07. The van der Waals surface area contributed by atoms with Crippen LogP contribution >= 0.6 is 0 Å². The average Bonchev–Trinajstić information content (AvgIpc) is 2.26. The first-order valence-corrected chi connectivity index (χ1v) is 9.74. The number of hydrogen-bond acceptors (Lipinski definition) is 5. The number of nitrogens with two attached hydrogens (primary N) is 1. The molecule has 0 spiro atoms. The molecule has 0 saturated carbocycles. The molecule has 2 N–H and O–H groups in total. The number of sulfone groups is 1. The number of rotatable bonds is 5. The zero-order chi connectivity index (χ0) is 14.0. The maximum atomic E-state index is 12.0. The molecule has 1 rings (SSSR count). The van der Waals surface area contributed by atoms with Gasteiger partial charge in [0.05, 0.1) is 11.5 Å². The second-order valence-corrected chi connectivity index (χ2v) is 9.27. The first kappa shape index (κ1) is 15.9. The normalized spacial score (nSPS) is 27.3. The predicted octanol–water partition coefficient (Wildman–Crippen LogP) is -0.580.